The molecule has 1 aliphatic heterocycles. The average Bonchev–Trinajstić information content (AvgIpc) is 2.79. The highest BCUT2D eigenvalue weighted by Crippen LogP contribution is 2.34. The number of rotatable bonds is 10. The van der Waals surface area contributed by atoms with E-state index in [1.54, 1.807) is 0 Å². The lowest BCUT2D eigenvalue weighted by Gasteiger charge is -2.35. The molecule has 1 fully saturated rings. The first kappa shape index (κ1) is 26.1. The number of allylic oxidation sites excluding steroid dienone is 2. The molecular weight excluding hydrogens is 384 g/mol. The highest BCUT2D eigenvalue weighted by Gasteiger charge is 2.39. The first-order chi connectivity index (χ1) is 14.0. The third-order valence-electron chi connectivity index (χ3n) is 5.53. The molecule has 1 rings (SSSR count). The monoisotopic (exact) mass is 422 g/mol. The molecule has 0 aliphatic carbocycles. The zero-order valence-corrected chi connectivity index (χ0v) is 19.4. The van der Waals surface area contributed by atoms with Crippen LogP contribution in [-0.2, 0) is 28.6 Å². The Morgan fingerprint density at radius 2 is 1.90 bits per heavy atom. The summed E-state index contributed by atoms with van der Waals surface area (Å²) in [6, 6.07) is 0. The Morgan fingerprint density at radius 1 is 1.20 bits per heavy atom. The third-order valence-corrected chi connectivity index (χ3v) is 5.53. The van der Waals surface area contributed by atoms with Gasteiger partial charge in [0.25, 0.3) is 0 Å². The Hall–Kier alpha value is -1.95. The minimum Gasteiger partial charge on any atom is -0.462 e. The fourth-order valence-electron chi connectivity index (χ4n) is 3.53. The van der Waals surface area contributed by atoms with Crippen molar-refractivity contribution in [3.05, 3.63) is 23.3 Å². The van der Waals surface area contributed by atoms with Crippen LogP contribution in [0.15, 0.2) is 23.3 Å². The lowest BCUT2D eigenvalue weighted by molar-refractivity contribution is -0.167. The van der Waals surface area contributed by atoms with Crippen molar-refractivity contribution in [1.29, 1.82) is 0 Å². The second-order valence-electron chi connectivity index (χ2n) is 8.65. The quantitative estimate of drug-likeness (QED) is 0.375. The van der Waals surface area contributed by atoms with Gasteiger partial charge in [0.1, 0.15) is 24.1 Å². The van der Waals surface area contributed by atoms with E-state index in [1.807, 2.05) is 39.8 Å². The van der Waals surface area contributed by atoms with E-state index in [9.17, 15) is 14.4 Å². The normalized spacial score (nSPS) is 23.9. The van der Waals surface area contributed by atoms with Crippen LogP contribution in [0.1, 0.15) is 80.1 Å². The van der Waals surface area contributed by atoms with Gasteiger partial charge in [0.15, 0.2) is 0 Å². The number of Topliss-reactive ketones (excluding diaryl/α,β-unsaturated/α-hetero) is 1. The molecule has 170 valence electrons. The average molecular weight is 423 g/mol. The molecule has 30 heavy (non-hydrogen) atoms. The van der Waals surface area contributed by atoms with Crippen LogP contribution >= 0.6 is 0 Å². The second kappa shape index (κ2) is 12.7. The first-order valence-electron chi connectivity index (χ1n) is 10.8. The summed E-state index contributed by atoms with van der Waals surface area (Å²) < 4.78 is 16.8. The van der Waals surface area contributed by atoms with Gasteiger partial charge in [0, 0.05) is 26.2 Å². The highest BCUT2D eigenvalue weighted by atomic mass is 16.6. The van der Waals surface area contributed by atoms with Gasteiger partial charge in [-0.2, -0.15) is 0 Å². The lowest BCUT2D eigenvalue weighted by atomic mass is 9.87. The van der Waals surface area contributed by atoms with Crippen molar-refractivity contribution in [3.8, 4) is 0 Å². The van der Waals surface area contributed by atoms with E-state index in [2.05, 4.69) is 0 Å². The van der Waals surface area contributed by atoms with Crippen molar-refractivity contribution in [1.82, 2.24) is 0 Å². The topological polar surface area (TPSA) is 78.9 Å². The van der Waals surface area contributed by atoms with Gasteiger partial charge in [0.2, 0.25) is 0 Å². The van der Waals surface area contributed by atoms with Crippen molar-refractivity contribution < 1.29 is 28.6 Å². The summed E-state index contributed by atoms with van der Waals surface area (Å²) in [5, 5.41) is 0. The summed E-state index contributed by atoms with van der Waals surface area (Å²) in [6.45, 7) is 11.3. The lowest BCUT2D eigenvalue weighted by Crippen LogP contribution is -2.43. The maximum atomic E-state index is 12.3. The Labute approximate surface area is 181 Å². The van der Waals surface area contributed by atoms with Crippen molar-refractivity contribution in [2.45, 2.75) is 91.8 Å². The number of hydrogen-bond acceptors (Lipinski definition) is 6. The maximum Gasteiger partial charge on any atom is 0.303 e. The van der Waals surface area contributed by atoms with Crippen LogP contribution in [0.4, 0.5) is 0 Å². The molecule has 1 heterocycles. The second-order valence-corrected chi connectivity index (χ2v) is 8.65. The fraction of sp³-hybridized carbons (Fsp3) is 0.708. The number of ketones is 1. The van der Waals surface area contributed by atoms with Gasteiger partial charge in [-0.1, -0.05) is 18.6 Å². The molecule has 0 N–H and O–H groups in total. The van der Waals surface area contributed by atoms with Gasteiger partial charge in [-0.3, -0.25) is 14.4 Å². The van der Waals surface area contributed by atoms with E-state index in [0.717, 1.165) is 24.0 Å². The summed E-state index contributed by atoms with van der Waals surface area (Å²) in [5.74, 6) is -0.415. The summed E-state index contributed by atoms with van der Waals surface area (Å²) >= 11 is 0. The molecule has 0 aromatic heterocycles. The molecule has 0 spiro atoms. The highest BCUT2D eigenvalue weighted by molar-refractivity contribution is 5.82. The van der Waals surface area contributed by atoms with Crippen LogP contribution in [0.3, 0.4) is 0 Å². The molecule has 6 heteroatoms. The van der Waals surface area contributed by atoms with E-state index >= 15 is 0 Å². The molecule has 0 bridgehead atoms. The predicted molar refractivity (Wildman–Crippen MR) is 116 cm³/mol. The van der Waals surface area contributed by atoms with Gasteiger partial charge in [-0.05, 0) is 64.5 Å². The predicted octanol–water partition coefficient (Wildman–Crippen LogP) is 4.71. The zero-order chi connectivity index (χ0) is 22.7. The maximum absolute atomic E-state index is 12.3. The van der Waals surface area contributed by atoms with E-state index in [1.165, 1.54) is 13.8 Å². The summed E-state index contributed by atoms with van der Waals surface area (Å²) in [6.07, 6.45) is 7.59. The minimum atomic E-state index is -0.620. The van der Waals surface area contributed by atoms with Crippen molar-refractivity contribution in [3.63, 3.8) is 0 Å². The van der Waals surface area contributed by atoms with Crippen LogP contribution in [-0.4, -0.2) is 42.6 Å². The zero-order valence-electron chi connectivity index (χ0n) is 19.4. The largest absolute Gasteiger partial charge is 0.462 e. The SMILES string of the molecule is CC(=O)OC/C=C1\CC[C@@H](OC(C)=O)[C@](C)(CCCC(C)C(=O)CC=C(C)C)OC1. The molecule has 0 aromatic rings. The number of carbonyl (C=O) groups excluding carboxylic acids is 3. The van der Waals surface area contributed by atoms with Gasteiger partial charge >= 0.3 is 11.9 Å². The number of esters is 2. The van der Waals surface area contributed by atoms with E-state index in [0.29, 0.717) is 32.3 Å². The minimum absolute atomic E-state index is 0.0126. The van der Waals surface area contributed by atoms with Gasteiger partial charge in [0.05, 0.1) is 6.61 Å². The molecule has 0 saturated carbocycles. The Balaban J connectivity index is 2.72. The van der Waals surface area contributed by atoms with Gasteiger partial charge in [-0.15, -0.1) is 0 Å². The molecule has 1 aliphatic rings. The Morgan fingerprint density at radius 3 is 2.50 bits per heavy atom. The first-order valence-corrected chi connectivity index (χ1v) is 10.8. The van der Waals surface area contributed by atoms with Gasteiger partial charge in [-0.25, -0.2) is 0 Å². The van der Waals surface area contributed by atoms with Crippen LogP contribution in [0, 0.1) is 5.92 Å². The van der Waals surface area contributed by atoms with E-state index < -0.39 is 5.60 Å². The summed E-state index contributed by atoms with van der Waals surface area (Å²) in [5.41, 5.74) is 1.56. The smallest absolute Gasteiger partial charge is 0.303 e. The fourth-order valence-corrected chi connectivity index (χ4v) is 3.53. The number of carbonyl (C=O) groups is 3. The summed E-state index contributed by atoms with van der Waals surface area (Å²) in [4.78, 5) is 34.9. The van der Waals surface area contributed by atoms with Crippen LogP contribution < -0.4 is 0 Å². The molecular formula is C24H38O6. The van der Waals surface area contributed by atoms with Crippen molar-refractivity contribution >= 4 is 17.7 Å². The van der Waals surface area contributed by atoms with Crippen LogP contribution in [0.2, 0.25) is 0 Å². The molecule has 1 saturated heterocycles. The summed E-state index contributed by atoms with van der Waals surface area (Å²) in [7, 11) is 0. The van der Waals surface area contributed by atoms with Gasteiger partial charge < -0.3 is 14.2 Å². The molecule has 1 unspecified atom stereocenters. The van der Waals surface area contributed by atoms with Crippen molar-refractivity contribution in [2.24, 2.45) is 5.92 Å². The standard InChI is InChI=1S/C24H38O6/c1-17(2)9-11-22(27)18(3)8-7-14-24(6)23(30-20(5)26)12-10-21(16-29-24)13-15-28-19(4)25/h9,13,18,23H,7-8,10-12,14-16H2,1-6H3/b21-13+/t18?,23-,24+/m1/s1. The van der Waals surface area contributed by atoms with E-state index in [-0.39, 0.29) is 36.4 Å². The number of ether oxygens (including phenoxy) is 3. The number of hydrogen-bond donors (Lipinski definition) is 0. The Kier molecular flexibility index (Phi) is 11.0. The molecule has 0 radical (unpaired) electrons. The third kappa shape index (κ3) is 9.70. The van der Waals surface area contributed by atoms with Crippen LogP contribution in [0.5, 0.6) is 0 Å². The molecule has 0 amide bonds. The molecule has 3 atom stereocenters. The van der Waals surface area contributed by atoms with Crippen LogP contribution in [0.25, 0.3) is 0 Å². The molecule has 6 nitrogen and oxygen atoms in total. The Bertz CT molecular complexity index is 659. The van der Waals surface area contributed by atoms with E-state index in [4.69, 9.17) is 14.2 Å². The molecule has 0 aromatic carbocycles. The van der Waals surface area contributed by atoms with Crippen molar-refractivity contribution in [2.75, 3.05) is 13.2 Å².